The molecule has 5 nitrogen and oxygen atoms in total. The lowest BCUT2D eigenvalue weighted by molar-refractivity contribution is 0.0931. The summed E-state index contributed by atoms with van der Waals surface area (Å²) in [6.45, 7) is 0. The van der Waals surface area contributed by atoms with Crippen LogP contribution in [0, 0.1) is 17.6 Å². The normalized spacial score (nSPS) is 14.6. The van der Waals surface area contributed by atoms with Gasteiger partial charge in [0.2, 0.25) is 0 Å². The number of rotatable bonds is 7. The van der Waals surface area contributed by atoms with E-state index in [1.807, 2.05) is 30.3 Å². The number of carbonyl (C=O) groups is 1. The van der Waals surface area contributed by atoms with Crippen molar-refractivity contribution in [3.8, 4) is 0 Å². The van der Waals surface area contributed by atoms with Crippen molar-refractivity contribution in [2.75, 3.05) is 4.72 Å². The molecule has 1 unspecified atom stereocenters. The van der Waals surface area contributed by atoms with E-state index in [4.69, 9.17) is 0 Å². The summed E-state index contributed by atoms with van der Waals surface area (Å²) in [7, 11) is -4.10. The highest BCUT2D eigenvalue weighted by Gasteiger charge is 2.33. The lowest BCUT2D eigenvalue weighted by Crippen LogP contribution is -2.29. The molecule has 1 atom stereocenters. The third kappa shape index (κ3) is 4.91. The van der Waals surface area contributed by atoms with Crippen molar-refractivity contribution in [1.29, 1.82) is 0 Å². The van der Waals surface area contributed by atoms with E-state index in [1.165, 1.54) is 24.3 Å². The second-order valence-corrected chi connectivity index (χ2v) is 9.14. The zero-order valence-electron chi connectivity index (χ0n) is 16.4. The van der Waals surface area contributed by atoms with Gasteiger partial charge in [-0.1, -0.05) is 30.3 Å². The summed E-state index contributed by atoms with van der Waals surface area (Å²) >= 11 is 0. The lowest BCUT2D eigenvalue weighted by Gasteiger charge is -2.19. The number of hydrogen-bond acceptors (Lipinski definition) is 3. The van der Waals surface area contributed by atoms with Gasteiger partial charge in [0.15, 0.2) is 11.6 Å². The molecule has 1 aliphatic rings. The molecule has 1 amide bonds. The van der Waals surface area contributed by atoms with Gasteiger partial charge in [0, 0.05) is 11.3 Å². The minimum atomic E-state index is -4.10. The van der Waals surface area contributed by atoms with Gasteiger partial charge in [-0.2, -0.15) is 0 Å². The van der Waals surface area contributed by atoms with Crippen LogP contribution in [-0.2, 0) is 10.0 Å². The van der Waals surface area contributed by atoms with Gasteiger partial charge in [-0.3, -0.25) is 9.52 Å². The van der Waals surface area contributed by atoms with E-state index >= 15 is 0 Å². The number of amides is 1. The molecule has 1 aliphatic carbocycles. The third-order valence-electron chi connectivity index (χ3n) is 5.14. The predicted molar refractivity (Wildman–Crippen MR) is 113 cm³/mol. The first kappa shape index (κ1) is 21.0. The Bertz CT molecular complexity index is 1200. The van der Waals surface area contributed by atoms with Crippen LogP contribution in [0.5, 0.6) is 0 Å². The summed E-state index contributed by atoms with van der Waals surface area (Å²) in [4.78, 5) is 12.3. The fraction of sp³-hybridized carbons (Fsp3) is 0.174. The van der Waals surface area contributed by atoms with E-state index in [0.29, 0.717) is 17.5 Å². The summed E-state index contributed by atoms with van der Waals surface area (Å²) in [5.74, 6) is -2.22. The number of carbonyl (C=O) groups excluding carboxylic acids is 1. The van der Waals surface area contributed by atoms with Gasteiger partial charge >= 0.3 is 0 Å². The molecule has 0 aliphatic heterocycles. The van der Waals surface area contributed by atoms with Crippen LogP contribution >= 0.6 is 0 Å². The summed E-state index contributed by atoms with van der Waals surface area (Å²) in [5.41, 5.74) is 1.63. The molecule has 0 radical (unpaired) electrons. The lowest BCUT2D eigenvalue weighted by atomic mass is 10.0. The van der Waals surface area contributed by atoms with E-state index < -0.39 is 26.6 Å². The van der Waals surface area contributed by atoms with Crippen molar-refractivity contribution in [2.45, 2.75) is 23.8 Å². The standard InChI is InChI=1S/C23H20F2N2O3S/c24-20-13-12-19(14-21(20)25)31(29,30)27-18-10-8-17(9-11-18)23(28)26-22(16-6-7-16)15-4-2-1-3-5-15/h1-5,8-14,16,22,27H,6-7H2,(H,26,28). The van der Waals surface area contributed by atoms with Crippen molar-refractivity contribution < 1.29 is 22.0 Å². The van der Waals surface area contributed by atoms with E-state index in [2.05, 4.69) is 10.0 Å². The minimum absolute atomic E-state index is 0.0692. The highest BCUT2D eigenvalue weighted by Crippen LogP contribution is 2.41. The Labute approximate surface area is 179 Å². The van der Waals surface area contributed by atoms with Gasteiger partial charge in [-0.25, -0.2) is 17.2 Å². The summed E-state index contributed by atoms with van der Waals surface area (Å²) < 4.78 is 53.5. The van der Waals surface area contributed by atoms with Crippen LogP contribution in [-0.4, -0.2) is 14.3 Å². The molecule has 0 spiro atoms. The largest absolute Gasteiger partial charge is 0.345 e. The van der Waals surface area contributed by atoms with Crippen molar-refractivity contribution >= 4 is 21.6 Å². The van der Waals surface area contributed by atoms with Crippen LogP contribution in [0.25, 0.3) is 0 Å². The number of hydrogen-bond donors (Lipinski definition) is 2. The van der Waals surface area contributed by atoms with Gasteiger partial charge < -0.3 is 5.32 Å². The Balaban J connectivity index is 1.46. The number of nitrogens with one attached hydrogen (secondary N) is 2. The van der Waals surface area contributed by atoms with Crippen molar-refractivity contribution in [1.82, 2.24) is 5.32 Å². The van der Waals surface area contributed by atoms with Crippen LogP contribution < -0.4 is 10.0 Å². The van der Waals surface area contributed by atoms with Gasteiger partial charge in [-0.15, -0.1) is 0 Å². The maximum absolute atomic E-state index is 13.4. The molecule has 0 heterocycles. The Morgan fingerprint density at radius 2 is 1.58 bits per heavy atom. The first-order valence-corrected chi connectivity index (χ1v) is 11.3. The molecule has 3 aromatic carbocycles. The predicted octanol–water partition coefficient (Wildman–Crippen LogP) is 4.65. The van der Waals surface area contributed by atoms with E-state index in [1.54, 1.807) is 0 Å². The summed E-state index contributed by atoms with van der Waals surface area (Å²) in [5, 5.41) is 3.06. The first-order chi connectivity index (χ1) is 14.8. The van der Waals surface area contributed by atoms with E-state index in [9.17, 15) is 22.0 Å². The Hall–Kier alpha value is -3.26. The first-order valence-electron chi connectivity index (χ1n) is 9.77. The van der Waals surface area contributed by atoms with Crippen LogP contribution in [0.1, 0.15) is 34.8 Å². The maximum atomic E-state index is 13.4. The molecule has 160 valence electrons. The molecule has 8 heteroatoms. The molecule has 3 aromatic rings. The topological polar surface area (TPSA) is 75.3 Å². The van der Waals surface area contributed by atoms with Gasteiger partial charge in [0.1, 0.15) is 0 Å². The quantitative estimate of drug-likeness (QED) is 0.560. The average Bonchev–Trinajstić information content (AvgIpc) is 3.60. The van der Waals surface area contributed by atoms with Crippen LogP contribution in [0.15, 0.2) is 77.7 Å². The van der Waals surface area contributed by atoms with Gasteiger partial charge in [0.05, 0.1) is 10.9 Å². The van der Waals surface area contributed by atoms with Crippen LogP contribution in [0.3, 0.4) is 0 Å². The van der Waals surface area contributed by atoms with E-state index in [-0.39, 0.29) is 17.6 Å². The molecule has 0 bridgehead atoms. The average molecular weight is 442 g/mol. The molecule has 1 fully saturated rings. The Kier molecular flexibility index (Phi) is 5.73. The highest BCUT2D eigenvalue weighted by molar-refractivity contribution is 7.92. The zero-order chi connectivity index (χ0) is 22.0. The summed E-state index contributed by atoms with van der Waals surface area (Å²) in [6, 6.07) is 17.9. The number of anilines is 1. The molecule has 4 rings (SSSR count). The molecule has 0 aromatic heterocycles. The van der Waals surface area contributed by atoms with Crippen molar-refractivity contribution in [3.63, 3.8) is 0 Å². The maximum Gasteiger partial charge on any atom is 0.261 e. The molecule has 0 saturated heterocycles. The molecule has 31 heavy (non-hydrogen) atoms. The zero-order valence-corrected chi connectivity index (χ0v) is 17.2. The molecular weight excluding hydrogens is 422 g/mol. The second kappa shape index (κ2) is 8.47. The number of benzene rings is 3. The smallest absolute Gasteiger partial charge is 0.261 e. The number of halogens is 2. The summed E-state index contributed by atoms with van der Waals surface area (Å²) in [6.07, 6.45) is 2.12. The fourth-order valence-corrected chi connectivity index (χ4v) is 4.41. The number of sulfonamides is 1. The van der Waals surface area contributed by atoms with Crippen LogP contribution in [0.2, 0.25) is 0 Å². The third-order valence-corrected chi connectivity index (χ3v) is 6.52. The van der Waals surface area contributed by atoms with Gasteiger partial charge in [0.25, 0.3) is 15.9 Å². The van der Waals surface area contributed by atoms with Gasteiger partial charge in [-0.05, 0) is 66.8 Å². The van der Waals surface area contributed by atoms with Crippen molar-refractivity contribution in [3.05, 3.63) is 95.6 Å². The Morgan fingerprint density at radius 3 is 2.19 bits per heavy atom. The minimum Gasteiger partial charge on any atom is -0.345 e. The fourth-order valence-electron chi connectivity index (χ4n) is 3.34. The second-order valence-electron chi connectivity index (χ2n) is 7.46. The van der Waals surface area contributed by atoms with Crippen molar-refractivity contribution in [2.24, 2.45) is 5.92 Å². The molecule has 2 N–H and O–H groups in total. The molecular formula is C23H20F2N2O3S. The molecule has 1 saturated carbocycles. The highest BCUT2D eigenvalue weighted by atomic mass is 32.2. The van der Waals surface area contributed by atoms with Crippen LogP contribution in [0.4, 0.5) is 14.5 Å². The SMILES string of the molecule is O=C(NC(c1ccccc1)C1CC1)c1ccc(NS(=O)(=O)c2ccc(F)c(F)c2)cc1. The van der Waals surface area contributed by atoms with E-state index in [0.717, 1.165) is 30.5 Å². The monoisotopic (exact) mass is 442 g/mol. The Morgan fingerprint density at radius 1 is 0.903 bits per heavy atom.